The quantitative estimate of drug-likeness (QED) is 0.306. The molecule has 174 valence electrons. The first-order valence-corrected chi connectivity index (χ1v) is 11.0. The van der Waals surface area contributed by atoms with Gasteiger partial charge in [0.25, 0.3) is 0 Å². The van der Waals surface area contributed by atoms with Crippen LogP contribution in [0.2, 0.25) is 0 Å². The van der Waals surface area contributed by atoms with Gasteiger partial charge in [0.05, 0.1) is 13.2 Å². The maximum Gasteiger partial charge on any atom is 0.243 e. The molecule has 1 aromatic carbocycles. The summed E-state index contributed by atoms with van der Waals surface area (Å²) in [7, 11) is 3.52. The van der Waals surface area contributed by atoms with Gasteiger partial charge in [0.15, 0.2) is 5.96 Å². The highest BCUT2D eigenvalue weighted by Gasteiger charge is 2.20. The molecule has 1 aromatic rings. The number of carbonyl (C=O) groups is 1. The van der Waals surface area contributed by atoms with Gasteiger partial charge in [0.1, 0.15) is 6.54 Å². The van der Waals surface area contributed by atoms with Crippen molar-refractivity contribution in [2.75, 3.05) is 78.0 Å². The van der Waals surface area contributed by atoms with E-state index in [2.05, 4.69) is 55.8 Å². The minimum absolute atomic E-state index is 0. The van der Waals surface area contributed by atoms with E-state index >= 15 is 0 Å². The smallest absolute Gasteiger partial charge is 0.243 e. The lowest BCUT2D eigenvalue weighted by atomic mass is 10.0. The summed E-state index contributed by atoms with van der Waals surface area (Å²) >= 11 is 0. The SMILES string of the molecule is CN(C)C(=O)CN=C(NCCN1CCOCC1)NC1CCN(c2ccccc2)CC1.I. The Morgan fingerprint density at radius 1 is 1.13 bits per heavy atom. The van der Waals surface area contributed by atoms with Crippen LogP contribution in [0.1, 0.15) is 12.8 Å². The highest BCUT2D eigenvalue weighted by molar-refractivity contribution is 14.0. The first-order chi connectivity index (χ1) is 14.6. The zero-order chi connectivity index (χ0) is 21.2. The Bertz CT molecular complexity index is 674. The summed E-state index contributed by atoms with van der Waals surface area (Å²) in [5, 5.41) is 6.98. The summed E-state index contributed by atoms with van der Waals surface area (Å²) in [6, 6.07) is 10.9. The van der Waals surface area contributed by atoms with Crippen LogP contribution in [-0.4, -0.2) is 101 Å². The molecule has 2 heterocycles. The number of amides is 1. The first-order valence-electron chi connectivity index (χ1n) is 11.0. The number of anilines is 1. The van der Waals surface area contributed by atoms with Crippen LogP contribution in [-0.2, 0) is 9.53 Å². The summed E-state index contributed by atoms with van der Waals surface area (Å²) in [6.07, 6.45) is 2.08. The van der Waals surface area contributed by atoms with Crippen molar-refractivity contribution in [3.63, 3.8) is 0 Å². The molecule has 0 aliphatic carbocycles. The Kier molecular flexibility index (Phi) is 11.4. The number of para-hydroxylation sites is 1. The molecule has 9 heteroatoms. The summed E-state index contributed by atoms with van der Waals surface area (Å²) < 4.78 is 5.41. The van der Waals surface area contributed by atoms with Crippen molar-refractivity contribution in [3.8, 4) is 0 Å². The maximum atomic E-state index is 12.0. The number of guanidine groups is 1. The normalized spacial score (nSPS) is 18.3. The Morgan fingerprint density at radius 3 is 2.45 bits per heavy atom. The average molecular weight is 544 g/mol. The lowest BCUT2D eigenvalue weighted by Gasteiger charge is -2.34. The Balaban J connectivity index is 0.00000341. The number of hydrogen-bond donors (Lipinski definition) is 2. The molecule has 0 bridgehead atoms. The number of morpholine rings is 1. The molecule has 0 radical (unpaired) electrons. The fourth-order valence-corrected chi connectivity index (χ4v) is 3.71. The summed E-state index contributed by atoms with van der Waals surface area (Å²) in [5.74, 6) is 0.736. The number of rotatable bonds is 7. The predicted octanol–water partition coefficient (Wildman–Crippen LogP) is 1.23. The molecular formula is C22H37IN6O2. The highest BCUT2D eigenvalue weighted by Crippen LogP contribution is 2.19. The number of benzene rings is 1. The number of ether oxygens (including phenoxy) is 1. The number of aliphatic imine (C=N–C) groups is 1. The largest absolute Gasteiger partial charge is 0.379 e. The van der Waals surface area contributed by atoms with E-state index in [0.29, 0.717) is 6.04 Å². The zero-order valence-corrected chi connectivity index (χ0v) is 21.1. The second-order valence-corrected chi connectivity index (χ2v) is 8.07. The van der Waals surface area contributed by atoms with E-state index in [1.807, 2.05) is 0 Å². The number of halogens is 1. The number of piperidine rings is 1. The fourth-order valence-electron chi connectivity index (χ4n) is 3.71. The van der Waals surface area contributed by atoms with Gasteiger partial charge in [0.2, 0.25) is 5.91 Å². The Hall–Kier alpha value is -1.59. The van der Waals surface area contributed by atoms with Crippen molar-refractivity contribution in [1.82, 2.24) is 20.4 Å². The molecule has 0 saturated carbocycles. The van der Waals surface area contributed by atoms with Crippen LogP contribution in [0, 0.1) is 0 Å². The van der Waals surface area contributed by atoms with E-state index in [4.69, 9.17) is 4.74 Å². The number of hydrogen-bond acceptors (Lipinski definition) is 5. The minimum Gasteiger partial charge on any atom is -0.379 e. The Labute approximate surface area is 203 Å². The number of likely N-dealkylation sites (N-methyl/N-ethyl adjacent to an activating group) is 1. The molecule has 1 amide bonds. The average Bonchev–Trinajstić information content (AvgIpc) is 2.79. The summed E-state index contributed by atoms with van der Waals surface area (Å²) in [5.41, 5.74) is 1.28. The van der Waals surface area contributed by atoms with Gasteiger partial charge in [-0.05, 0) is 25.0 Å². The number of nitrogens with one attached hydrogen (secondary N) is 2. The van der Waals surface area contributed by atoms with E-state index < -0.39 is 0 Å². The molecule has 0 aromatic heterocycles. The van der Waals surface area contributed by atoms with E-state index in [-0.39, 0.29) is 36.4 Å². The lowest BCUT2D eigenvalue weighted by Crippen LogP contribution is -2.50. The van der Waals surface area contributed by atoms with Gasteiger partial charge in [-0.3, -0.25) is 9.69 Å². The minimum atomic E-state index is 0. The molecule has 2 aliphatic rings. The van der Waals surface area contributed by atoms with Crippen molar-refractivity contribution in [1.29, 1.82) is 0 Å². The van der Waals surface area contributed by atoms with Crippen LogP contribution < -0.4 is 15.5 Å². The first kappa shape index (κ1) is 25.7. The van der Waals surface area contributed by atoms with Crippen molar-refractivity contribution in [2.24, 2.45) is 4.99 Å². The summed E-state index contributed by atoms with van der Waals surface area (Å²) in [4.78, 5) is 22.9. The van der Waals surface area contributed by atoms with Gasteiger partial charge >= 0.3 is 0 Å². The molecule has 2 saturated heterocycles. The van der Waals surface area contributed by atoms with Gasteiger partial charge < -0.3 is 25.2 Å². The molecule has 2 fully saturated rings. The Morgan fingerprint density at radius 2 is 1.81 bits per heavy atom. The molecule has 8 nitrogen and oxygen atoms in total. The summed E-state index contributed by atoms with van der Waals surface area (Å²) in [6.45, 7) is 7.47. The van der Waals surface area contributed by atoms with Gasteiger partial charge in [0, 0.05) is 65.1 Å². The molecule has 0 spiro atoms. The van der Waals surface area contributed by atoms with E-state index in [1.165, 1.54) is 5.69 Å². The maximum absolute atomic E-state index is 12.0. The van der Waals surface area contributed by atoms with Crippen molar-refractivity contribution < 1.29 is 9.53 Å². The molecule has 0 unspecified atom stereocenters. The monoisotopic (exact) mass is 544 g/mol. The molecular weight excluding hydrogens is 507 g/mol. The molecule has 3 rings (SSSR count). The van der Waals surface area contributed by atoms with Crippen molar-refractivity contribution in [2.45, 2.75) is 18.9 Å². The van der Waals surface area contributed by atoms with Crippen LogP contribution >= 0.6 is 24.0 Å². The van der Waals surface area contributed by atoms with Crippen LogP contribution in [0.15, 0.2) is 35.3 Å². The van der Waals surface area contributed by atoms with Crippen molar-refractivity contribution >= 4 is 41.5 Å². The molecule has 2 aliphatic heterocycles. The number of carbonyl (C=O) groups excluding carboxylic acids is 1. The third-order valence-electron chi connectivity index (χ3n) is 5.65. The van der Waals surface area contributed by atoms with Crippen LogP contribution in [0.5, 0.6) is 0 Å². The van der Waals surface area contributed by atoms with Gasteiger partial charge in [-0.25, -0.2) is 4.99 Å². The topological polar surface area (TPSA) is 72.4 Å². The molecule has 2 N–H and O–H groups in total. The van der Waals surface area contributed by atoms with Crippen LogP contribution in [0.4, 0.5) is 5.69 Å². The number of nitrogens with zero attached hydrogens (tertiary/aromatic N) is 4. The third-order valence-corrected chi connectivity index (χ3v) is 5.65. The zero-order valence-electron chi connectivity index (χ0n) is 18.8. The van der Waals surface area contributed by atoms with E-state index in [1.54, 1.807) is 19.0 Å². The second kappa shape index (κ2) is 13.7. The fraction of sp³-hybridized carbons (Fsp3) is 0.636. The van der Waals surface area contributed by atoms with Gasteiger partial charge in [-0.2, -0.15) is 0 Å². The lowest BCUT2D eigenvalue weighted by molar-refractivity contribution is -0.127. The third kappa shape index (κ3) is 8.82. The highest BCUT2D eigenvalue weighted by atomic mass is 127. The van der Waals surface area contributed by atoms with Gasteiger partial charge in [-0.15, -0.1) is 24.0 Å². The van der Waals surface area contributed by atoms with Gasteiger partial charge in [-0.1, -0.05) is 18.2 Å². The van der Waals surface area contributed by atoms with Crippen LogP contribution in [0.3, 0.4) is 0 Å². The van der Waals surface area contributed by atoms with Crippen LogP contribution in [0.25, 0.3) is 0 Å². The standard InChI is InChI=1S/C22H36N6O2.HI/c1-26(2)21(29)18-24-22(23-10-13-27-14-16-30-17-15-27)25-19-8-11-28(12-9-19)20-6-4-3-5-7-20;/h3-7,19H,8-18H2,1-2H3,(H2,23,24,25);1H. The van der Waals surface area contributed by atoms with Crippen molar-refractivity contribution in [3.05, 3.63) is 30.3 Å². The van der Waals surface area contributed by atoms with E-state index in [0.717, 1.165) is 71.3 Å². The predicted molar refractivity (Wildman–Crippen MR) is 136 cm³/mol. The molecule has 0 atom stereocenters. The second-order valence-electron chi connectivity index (χ2n) is 8.07. The van der Waals surface area contributed by atoms with E-state index in [9.17, 15) is 4.79 Å². The molecule has 31 heavy (non-hydrogen) atoms.